The topological polar surface area (TPSA) is 79.0 Å². The van der Waals surface area contributed by atoms with Crippen molar-refractivity contribution in [1.29, 1.82) is 0 Å². The first-order valence-electron chi connectivity index (χ1n) is 12.1. The number of hydrogen-bond donors (Lipinski definition) is 1. The Morgan fingerprint density at radius 1 is 1.16 bits per heavy atom. The Balaban J connectivity index is 2.96. The Hall–Kier alpha value is -1.89. The summed E-state index contributed by atoms with van der Waals surface area (Å²) in [6.07, 6.45) is 6.67. The molecule has 0 radical (unpaired) electrons. The van der Waals surface area contributed by atoms with Crippen molar-refractivity contribution in [2.24, 2.45) is 5.41 Å². The van der Waals surface area contributed by atoms with E-state index < -0.39 is 11.5 Å². The summed E-state index contributed by atoms with van der Waals surface area (Å²) in [5, 5.41) is 3.09. The van der Waals surface area contributed by atoms with Gasteiger partial charge in [-0.15, -0.1) is 0 Å². The molecular formula is C25H45N3O4. The van der Waals surface area contributed by atoms with Crippen LogP contribution in [0.25, 0.3) is 0 Å². The molecule has 0 aromatic carbocycles. The quantitative estimate of drug-likeness (QED) is 0.406. The number of esters is 1. The maximum atomic E-state index is 13.4. The van der Waals surface area contributed by atoms with Gasteiger partial charge in [-0.1, -0.05) is 47.1 Å². The summed E-state index contributed by atoms with van der Waals surface area (Å²) in [6.45, 7) is 15.2. The van der Waals surface area contributed by atoms with E-state index in [1.54, 1.807) is 31.9 Å². The number of carbonyl (C=O) groups is 3. The van der Waals surface area contributed by atoms with E-state index >= 15 is 0 Å². The van der Waals surface area contributed by atoms with E-state index in [4.69, 9.17) is 4.74 Å². The van der Waals surface area contributed by atoms with Gasteiger partial charge >= 0.3 is 5.97 Å². The molecule has 0 saturated carbocycles. The summed E-state index contributed by atoms with van der Waals surface area (Å²) in [5.74, 6) is -0.604. The normalized spacial score (nSPS) is 18.9. The number of piperidine rings is 1. The van der Waals surface area contributed by atoms with Gasteiger partial charge < -0.3 is 15.0 Å². The van der Waals surface area contributed by atoms with Crippen molar-refractivity contribution in [3.63, 3.8) is 0 Å². The van der Waals surface area contributed by atoms with Crippen LogP contribution < -0.4 is 5.32 Å². The minimum absolute atomic E-state index is 0.0588. The molecule has 1 N–H and O–H groups in total. The van der Waals surface area contributed by atoms with Gasteiger partial charge in [0.25, 0.3) is 0 Å². The lowest BCUT2D eigenvalue weighted by molar-refractivity contribution is -0.140. The lowest BCUT2D eigenvalue weighted by Crippen LogP contribution is -2.60. The Morgan fingerprint density at radius 2 is 1.78 bits per heavy atom. The SMILES string of the molecule is CCOC(=O)/C(C)=C/CN(C)C(=O)C(NC(=O)[C@H]1CCCCN1C(CC)CC)C(C)(C)C. The van der Waals surface area contributed by atoms with Crippen LogP contribution in [0.2, 0.25) is 0 Å². The summed E-state index contributed by atoms with van der Waals surface area (Å²) in [4.78, 5) is 42.4. The monoisotopic (exact) mass is 451 g/mol. The summed E-state index contributed by atoms with van der Waals surface area (Å²) in [7, 11) is 1.69. The zero-order valence-corrected chi connectivity index (χ0v) is 21.5. The van der Waals surface area contributed by atoms with Crippen LogP contribution in [0.1, 0.15) is 80.6 Å². The molecule has 184 valence electrons. The number of amides is 2. The first-order valence-corrected chi connectivity index (χ1v) is 12.1. The molecule has 2 amide bonds. The second-order valence-corrected chi connectivity index (χ2v) is 9.85. The number of hydrogen-bond acceptors (Lipinski definition) is 5. The molecule has 2 atom stereocenters. The average Bonchev–Trinajstić information content (AvgIpc) is 2.75. The standard InChI is InChI=1S/C25H45N3O4/c1-9-19(10-2)28-16-13-12-14-20(28)22(29)26-21(25(5,6)7)23(30)27(8)17-15-18(4)24(31)32-11-3/h15,19-21H,9-14,16-17H2,1-8H3,(H,26,29)/b18-15+/t20-,21?/m1/s1. The predicted molar refractivity (Wildman–Crippen MR) is 128 cm³/mol. The van der Waals surface area contributed by atoms with Crippen LogP contribution in [0, 0.1) is 5.41 Å². The Kier molecular flexibility index (Phi) is 11.4. The van der Waals surface area contributed by atoms with Crippen molar-refractivity contribution in [1.82, 2.24) is 15.1 Å². The van der Waals surface area contributed by atoms with E-state index in [1.807, 2.05) is 20.8 Å². The van der Waals surface area contributed by atoms with E-state index in [2.05, 4.69) is 24.1 Å². The number of nitrogens with zero attached hydrogens (tertiary/aromatic N) is 2. The van der Waals surface area contributed by atoms with Crippen LogP contribution >= 0.6 is 0 Å². The van der Waals surface area contributed by atoms with Crippen LogP contribution in [0.15, 0.2) is 11.6 Å². The third-order valence-electron chi connectivity index (χ3n) is 6.30. The molecule has 0 spiro atoms. The summed E-state index contributed by atoms with van der Waals surface area (Å²) >= 11 is 0. The van der Waals surface area contributed by atoms with E-state index in [-0.39, 0.29) is 30.4 Å². The average molecular weight is 452 g/mol. The van der Waals surface area contributed by atoms with Gasteiger partial charge in [0.1, 0.15) is 6.04 Å². The van der Waals surface area contributed by atoms with E-state index in [0.717, 1.165) is 38.6 Å². The highest BCUT2D eigenvalue weighted by molar-refractivity contribution is 5.91. The third kappa shape index (κ3) is 7.91. The molecule has 1 aliphatic heterocycles. The van der Waals surface area contributed by atoms with Gasteiger partial charge in [-0.25, -0.2) is 4.79 Å². The van der Waals surface area contributed by atoms with Crippen molar-refractivity contribution in [3.05, 3.63) is 11.6 Å². The Labute approximate surface area is 194 Å². The minimum atomic E-state index is -0.651. The maximum absolute atomic E-state index is 13.4. The number of ether oxygens (including phenoxy) is 1. The summed E-state index contributed by atoms with van der Waals surface area (Å²) in [6, 6.07) is -0.460. The van der Waals surface area contributed by atoms with Crippen molar-refractivity contribution in [2.75, 3.05) is 26.7 Å². The molecule has 32 heavy (non-hydrogen) atoms. The first kappa shape index (κ1) is 28.1. The lowest BCUT2D eigenvalue weighted by Gasteiger charge is -2.41. The first-order chi connectivity index (χ1) is 15.0. The van der Waals surface area contributed by atoms with Crippen molar-refractivity contribution in [3.8, 4) is 0 Å². The van der Waals surface area contributed by atoms with Crippen molar-refractivity contribution < 1.29 is 19.1 Å². The number of carbonyl (C=O) groups excluding carboxylic acids is 3. The summed E-state index contributed by atoms with van der Waals surface area (Å²) in [5.41, 5.74) is 0.0147. The van der Waals surface area contributed by atoms with E-state index in [0.29, 0.717) is 18.2 Å². The molecule has 1 rings (SSSR count). The fourth-order valence-electron chi connectivity index (χ4n) is 4.23. The molecule has 0 aromatic heterocycles. The molecule has 7 nitrogen and oxygen atoms in total. The lowest BCUT2D eigenvalue weighted by atomic mass is 9.85. The van der Waals surface area contributed by atoms with Crippen LogP contribution in [0.5, 0.6) is 0 Å². The van der Waals surface area contributed by atoms with Gasteiger partial charge in [-0.05, 0) is 51.5 Å². The number of nitrogens with one attached hydrogen (secondary N) is 1. The second kappa shape index (κ2) is 13.0. The highest BCUT2D eigenvalue weighted by Crippen LogP contribution is 2.25. The van der Waals surface area contributed by atoms with Crippen molar-refractivity contribution in [2.45, 2.75) is 98.7 Å². The van der Waals surface area contributed by atoms with Crippen LogP contribution in [0.4, 0.5) is 0 Å². The second-order valence-electron chi connectivity index (χ2n) is 9.85. The van der Waals surface area contributed by atoms with E-state index in [9.17, 15) is 14.4 Å². The zero-order chi connectivity index (χ0) is 24.5. The minimum Gasteiger partial charge on any atom is -0.463 e. The zero-order valence-electron chi connectivity index (χ0n) is 21.5. The van der Waals surface area contributed by atoms with Gasteiger partial charge in [0.15, 0.2) is 0 Å². The van der Waals surface area contributed by atoms with E-state index in [1.165, 1.54) is 0 Å². The highest BCUT2D eigenvalue weighted by Gasteiger charge is 2.38. The van der Waals surface area contributed by atoms with Gasteiger partial charge in [0.2, 0.25) is 11.8 Å². The van der Waals surface area contributed by atoms with Gasteiger partial charge in [0.05, 0.1) is 12.6 Å². The van der Waals surface area contributed by atoms with Crippen LogP contribution in [-0.4, -0.2) is 72.5 Å². The largest absolute Gasteiger partial charge is 0.463 e. The van der Waals surface area contributed by atoms with Crippen molar-refractivity contribution >= 4 is 17.8 Å². The molecule has 0 bridgehead atoms. The third-order valence-corrected chi connectivity index (χ3v) is 6.30. The smallest absolute Gasteiger partial charge is 0.333 e. The molecule has 1 saturated heterocycles. The van der Waals surface area contributed by atoms with Crippen LogP contribution in [-0.2, 0) is 19.1 Å². The highest BCUT2D eigenvalue weighted by atomic mass is 16.5. The molecular weight excluding hydrogens is 406 g/mol. The summed E-state index contributed by atoms with van der Waals surface area (Å²) < 4.78 is 4.99. The molecule has 7 heteroatoms. The number of likely N-dealkylation sites (tertiary alicyclic amines) is 1. The van der Waals surface area contributed by atoms with Gasteiger partial charge in [-0.2, -0.15) is 0 Å². The number of rotatable bonds is 10. The predicted octanol–water partition coefficient (Wildman–Crippen LogP) is 3.53. The molecule has 1 fully saturated rings. The van der Waals surface area contributed by atoms with Crippen LogP contribution in [0.3, 0.4) is 0 Å². The molecule has 1 unspecified atom stereocenters. The molecule has 0 aliphatic carbocycles. The maximum Gasteiger partial charge on any atom is 0.333 e. The molecule has 1 heterocycles. The molecule has 0 aromatic rings. The Bertz CT molecular complexity index is 665. The molecule has 1 aliphatic rings. The Morgan fingerprint density at radius 3 is 2.31 bits per heavy atom. The van der Waals surface area contributed by atoms with Gasteiger partial charge in [-0.3, -0.25) is 14.5 Å². The fraction of sp³-hybridized carbons (Fsp3) is 0.800. The number of likely N-dealkylation sites (N-methyl/N-ethyl adjacent to an activating group) is 1. The van der Waals surface area contributed by atoms with Gasteiger partial charge in [0, 0.05) is 25.2 Å². The fourth-order valence-corrected chi connectivity index (χ4v) is 4.23.